The summed E-state index contributed by atoms with van der Waals surface area (Å²) in [6.45, 7) is 7.20. The van der Waals surface area contributed by atoms with Crippen LogP contribution in [0.1, 0.15) is 41.6 Å². The van der Waals surface area contributed by atoms with Crippen molar-refractivity contribution in [2.45, 2.75) is 39.7 Å². The molecule has 0 aliphatic carbocycles. The van der Waals surface area contributed by atoms with Crippen LogP contribution in [0.3, 0.4) is 0 Å². The fourth-order valence-electron chi connectivity index (χ4n) is 3.41. The normalized spacial score (nSPS) is 18.5. The largest absolute Gasteiger partial charge is 0.360 e. The molecule has 1 amide bonds. The highest BCUT2D eigenvalue weighted by molar-refractivity contribution is 5.91. The molecule has 0 radical (unpaired) electrons. The minimum absolute atomic E-state index is 0.0654. The van der Waals surface area contributed by atoms with Gasteiger partial charge in [0.1, 0.15) is 5.76 Å². The van der Waals surface area contributed by atoms with Gasteiger partial charge in [-0.05, 0) is 40.2 Å². The number of carbonyl (C=O) groups is 1. The second-order valence-electron chi connectivity index (χ2n) is 6.21. The molecular weight excluding hydrogens is 294 g/mol. The predicted octanol–water partition coefficient (Wildman–Crippen LogP) is 2.11. The number of hydrogen-bond acceptors (Lipinski definition) is 5. The topological polar surface area (TPSA) is 76.2 Å². The number of likely N-dealkylation sites (tertiary alicyclic amines) is 1. The Hall–Kier alpha value is -2.15. The van der Waals surface area contributed by atoms with Crippen LogP contribution in [0, 0.1) is 20.8 Å². The number of rotatable bonds is 4. The van der Waals surface area contributed by atoms with Gasteiger partial charge in [-0.15, -0.1) is 0 Å². The van der Waals surface area contributed by atoms with E-state index in [1.54, 1.807) is 13.0 Å². The van der Waals surface area contributed by atoms with Gasteiger partial charge >= 0.3 is 0 Å². The van der Waals surface area contributed by atoms with Gasteiger partial charge < -0.3 is 9.84 Å². The molecule has 0 saturated carbocycles. The Morgan fingerprint density at radius 1 is 1.43 bits per heavy atom. The quantitative estimate of drug-likeness (QED) is 0.934. The van der Waals surface area contributed by atoms with Crippen molar-refractivity contribution in [2.75, 3.05) is 18.4 Å². The van der Waals surface area contributed by atoms with Crippen molar-refractivity contribution in [1.29, 1.82) is 0 Å². The van der Waals surface area contributed by atoms with Crippen molar-refractivity contribution in [3.8, 4) is 0 Å². The number of hydrogen-bond donors (Lipinski definition) is 1. The number of aryl methyl sites for hydroxylation is 3. The molecule has 0 bridgehead atoms. The standard InChI is InChI=1S/C16H23N5O2/c1-10-8-14(19-23-10)17-15(22)9-21-7-5-6-13(21)16-11(2)18-20(4)12(16)3/h8,13H,5-7,9H2,1-4H3,(H,17,19,22). The van der Waals surface area contributed by atoms with E-state index in [0.29, 0.717) is 18.1 Å². The van der Waals surface area contributed by atoms with E-state index in [9.17, 15) is 4.79 Å². The number of carbonyl (C=O) groups excluding carboxylic acids is 1. The van der Waals surface area contributed by atoms with Crippen LogP contribution < -0.4 is 5.32 Å². The first-order valence-electron chi connectivity index (χ1n) is 7.93. The summed E-state index contributed by atoms with van der Waals surface area (Å²) in [6.07, 6.45) is 2.15. The Morgan fingerprint density at radius 2 is 2.22 bits per heavy atom. The lowest BCUT2D eigenvalue weighted by Gasteiger charge is -2.24. The van der Waals surface area contributed by atoms with Crippen LogP contribution in [0.5, 0.6) is 0 Å². The number of anilines is 1. The Morgan fingerprint density at radius 3 is 2.83 bits per heavy atom. The summed E-state index contributed by atoms with van der Waals surface area (Å²) in [5.41, 5.74) is 3.48. The molecule has 2 aromatic rings. The van der Waals surface area contributed by atoms with Gasteiger partial charge in [-0.2, -0.15) is 5.10 Å². The highest BCUT2D eigenvalue weighted by Gasteiger charge is 2.31. The third-order valence-electron chi connectivity index (χ3n) is 4.50. The van der Waals surface area contributed by atoms with Gasteiger partial charge in [0.25, 0.3) is 0 Å². The van der Waals surface area contributed by atoms with Crippen molar-refractivity contribution in [1.82, 2.24) is 19.8 Å². The summed E-state index contributed by atoms with van der Waals surface area (Å²) < 4.78 is 6.89. The van der Waals surface area contributed by atoms with E-state index in [-0.39, 0.29) is 11.9 Å². The second-order valence-corrected chi connectivity index (χ2v) is 6.21. The Labute approximate surface area is 135 Å². The average Bonchev–Trinajstić information content (AvgIpc) is 3.14. The van der Waals surface area contributed by atoms with E-state index in [1.165, 1.54) is 11.3 Å². The van der Waals surface area contributed by atoms with Crippen LogP contribution in [0.25, 0.3) is 0 Å². The molecule has 124 valence electrons. The molecule has 1 unspecified atom stereocenters. The monoisotopic (exact) mass is 317 g/mol. The first kappa shape index (κ1) is 15.7. The van der Waals surface area contributed by atoms with Gasteiger partial charge in [0.15, 0.2) is 5.82 Å². The van der Waals surface area contributed by atoms with E-state index in [4.69, 9.17) is 4.52 Å². The molecule has 0 aromatic carbocycles. The van der Waals surface area contributed by atoms with Gasteiger partial charge in [0, 0.05) is 30.4 Å². The molecule has 1 atom stereocenters. The van der Waals surface area contributed by atoms with E-state index >= 15 is 0 Å². The lowest BCUT2D eigenvalue weighted by Crippen LogP contribution is -2.33. The van der Waals surface area contributed by atoms with Crippen molar-refractivity contribution in [3.63, 3.8) is 0 Å². The van der Waals surface area contributed by atoms with E-state index < -0.39 is 0 Å². The van der Waals surface area contributed by atoms with Crippen LogP contribution in [-0.2, 0) is 11.8 Å². The number of amides is 1. The molecule has 1 aliphatic heterocycles. The zero-order chi connectivity index (χ0) is 16.6. The number of nitrogens with one attached hydrogen (secondary N) is 1. The maximum atomic E-state index is 12.3. The number of nitrogens with zero attached hydrogens (tertiary/aromatic N) is 4. The highest BCUT2D eigenvalue weighted by atomic mass is 16.5. The lowest BCUT2D eigenvalue weighted by atomic mass is 10.0. The third-order valence-corrected chi connectivity index (χ3v) is 4.50. The minimum Gasteiger partial charge on any atom is -0.360 e. The molecule has 3 rings (SSSR count). The summed E-state index contributed by atoms with van der Waals surface area (Å²) in [4.78, 5) is 14.5. The average molecular weight is 317 g/mol. The summed E-state index contributed by atoms with van der Waals surface area (Å²) in [7, 11) is 1.96. The fourth-order valence-corrected chi connectivity index (χ4v) is 3.41. The summed E-state index contributed by atoms with van der Waals surface area (Å²) in [5.74, 6) is 1.09. The zero-order valence-corrected chi connectivity index (χ0v) is 14.1. The third kappa shape index (κ3) is 3.14. The first-order chi connectivity index (χ1) is 11.0. The molecule has 1 fully saturated rings. The molecule has 0 spiro atoms. The predicted molar refractivity (Wildman–Crippen MR) is 86.1 cm³/mol. The SMILES string of the molecule is Cc1cc(NC(=O)CN2CCCC2c2c(C)nn(C)c2C)no1. The van der Waals surface area contributed by atoms with E-state index in [0.717, 1.165) is 25.1 Å². The molecule has 1 N–H and O–H groups in total. The second kappa shape index (κ2) is 6.16. The molecular formula is C16H23N5O2. The molecule has 7 nitrogen and oxygen atoms in total. The zero-order valence-electron chi connectivity index (χ0n) is 14.1. The lowest BCUT2D eigenvalue weighted by molar-refractivity contribution is -0.117. The van der Waals surface area contributed by atoms with Crippen LogP contribution in [0.4, 0.5) is 5.82 Å². The molecule has 23 heavy (non-hydrogen) atoms. The van der Waals surface area contributed by atoms with E-state index in [1.807, 2.05) is 18.7 Å². The van der Waals surface area contributed by atoms with E-state index in [2.05, 4.69) is 27.4 Å². The summed E-state index contributed by atoms with van der Waals surface area (Å²) >= 11 is 0. The molecule has 1 aliphatic rings. The maximum Gasteiger partial charge on any atom is 0.239 e. The minimum atomic E-state index is -0.0654. The summed E-state index contributed by atoms with van der Waals surface area (Å²) in [5, 5.41) is 11.1. The molecule has 1 saturated heterocycles. The van der Waals surface area contributed by atoms with Crippen LogP contribution >= 0.6 is 0 Å². The van der Waals surface area contributed by atoms with Gasteiger partial charge in [-0.25, -0.2) is 0 Å². The Bertz CT molecular complexity index is 718. The fraction of sp³-hybridized carbons (Fsp3) is 0.562. The highest BCUT2D eigenvalue weighted by Crippen LogP contribution is 2.35. The maximum absolute atomic E-state index is 12.3. The van der Waals surface area contributed by atoms with Gasteiger partial charge in [0.05, 0.1) is 12.2 Å². The smallest absolute Gasteiger partial charge is 0.239 e. The van der Waals surface area contributed by atoms with Crippen LogP contribution in [0.2, 0.25) is 0 Å². The molecule has 3 heterocycles. The molecule has 2 aromatic heterocycles. The van der Waals surface area contributed by atoms with Crippen molar-refractivity contribution in [2.24, 2.45) is 7.05 Å². The Kier molecular flexibility index (Phi) is 4.21. The van der Waals surface area contributed by atoms with Crippen molar-refractivity contribution in [3.05, 3.63) is 28.8 Å². The first-order valence-corrected chi connectivity index (χ1v) is 7.93. The number of aromatic nitrogens is 3. The van der Waals surface area contributed by atoms with Crippen LogP contribution in [0.15, 0.2) is 10.6 Å². The Balaban J connectivity index is 1.70. The van der Waals surface area contributed by atoms with Crippen molar-refractivity contribution >= 4 is 11.7 Å². The van der Waals surface area contributed by atoms with Gasteiger partial charge in [-0.1, -0.05) is 5.16 Å². The van der Waals surface area contributed by atoms with Crippen LogP contribution in [-0.4, -0.2) is 38.8 Å². The molecule has 7 heteroatoms. The summed E-state index contributed by atoms with van der Waals surface area (Å²) in [6, 6.07) is 1.97. The van der Waals surface area contributed by atoms with Gasteiger partial charge in [-0.3, -0.25) is 14.4 Å². The van der Waals surface area contributed by atoms with Crippen molar-refractivity contribution < 1.29 is 9.32 Å². The van der Waals surface area contributed by atoms with Gasteiger partial charge in [0.2, 0.25) is 5.91 Å².